The smallest absolute Gasteiger partial charge is 0.0585 e. The van der Waals surface area contributed by atoms with Crippen molar-refractivity contribution in [3.63, 3.8) is 0 Å². The Kier molecular flexibility index (Phi) is 4.23. The van der Waals surface area contributed by atoms with Gasteiger partial charge in [0.25, 0.3) is 0 Å². The molecule has 0 aliphatic carbocycles. The first-order valence-corrected chi connectivity index (χ1v) is 4.41. The van der Waals surface area contributed by atoms with Gasteiger partial charge in [-0.3, -0.25) is 0 Å². The van der Waals surface area contributed by atoms with Crippen molar-refractivity contribution in [2.45, 2.75) is 12.5 Å². The molecule has 0 fully saturated rings. The average molecular weight is 177 g/mol. The van der Waals surface area contributed by atoms with Crippen LogP contribution in [0.15, 0.2) is 36.4 Å². The zero-order valence-electron chi connectivity index (χ0n) is 7.56. The van der Waals surface area contributed by atoms with Gasteiger partial charge in [-0.1, -0.05) is 42.5 Å². The molecule has 70 valence electrons. The lowest BCUT2D eigenvalue weighted by Crippen LogP contribution is -2.22. The highest BCUT2D eigenvalue weighted by atomic mass is 16.3. The number of hydrogen-bond donors (Lipinski definition) is 2. The predicted octanol–water partition coefficient (Wildman–Crippen LogP) is 1.41. The normalized spacial score (nSPS) is 13.4. The van der Waals surface area contributed by atoms with Gasteiger partial charge in [-0.05, 0) is 12.0 Å². The summed E-state index contributed by atoms with van der Waals surface area (Å²) in [6.45, 7) is 0.0408. The molecule has 0 radical (unpaired) electrons. The van der Waals surface area contributed by atoms with Gasteiger partial charge in [-0.2, -0.15) is 0 Å². The van der Waals surface area contributed by atoms with Crippen LogP contribution in [0.3, 0.4) is 0 Å². The highest BCUT2D eigenvalue weighted by Crippen LogP contribution is 2.02. The molecule has 1 rings (SSSR count). The molecular formula is C11H15NO. The lowest BCUT2D eigenvalue weighted by molar-refractivity contribution is 0.267. The number of aliphatic hydroxyl groups is 1. The van der Waals surface area contributed by atoms with Crippen molar-refractivity contribution in [2.24, 2.45) is 5.73 Å². The van der Waals surface area contributed by atoms with Crippen LogP contribution in [0.2, 0.25) is 0 Å². The zero-order valence-corrected chi connectivity index (χ0v) is 7.56. The Bertz CT molecular complexity index is 256. The maximum absolute atomic E-state index is 8.67. The standard InChI is InChI=1S/C11H15NO/c12-11(9-13)8-4-7-10-5-2-1-3-6-10/h1-7,11,13H,8-9,12H2/b7-4+/t11-/m0/s1. The molecule has 0 unspecified atom stereocenters. The van der Waals surface area contributed by atoms with E-state index in [9.17, 15) is 0 Å². The third-order valence-electron chi connectivity index (χ3n) is 1.78. The average Bonchev–Trinajstić information content (AvgIpc) is 2.19. The van der Waals surface area contributed by atoms with Crippen LogP contribution >= 0.6 is 0 Å². The van der Waals surface area contributed by atoms with E-state index in [4.69, 9.17) is 10.8 Å². The van der Waals surface area contributed by atoms with Gasteiger partial charge in [0.05, 0.1) is 6.61 Å². The van der Waals surface area contributed by atoms with E-state index in [0.29, 0.717) is 6.42 Å². The Labute approximate surface area is 78.7 Å². The van der Waals surface area contributed by atoms with E-state index in [1.165, 1.54) is 0 Å². The Balaban J connectivity index is 2.41. The van der Waals surface area contributed by atoms with Gasteiger partial charge >= 0.3 is 0 Å². The molecule has 0 bridgehead atoms. The van der Waals surface area contributed by atoms with Gasteiger partial charge in [0.15, 0.2) is 0 Å². The molecule has 0 heterocycles. The van der Waals surface area contributed by atoms with Crippen molar-refractivity contribution >= 4 is 6.08 Å². The van der Waals surface area contributed by atoms with Crippen LogP contribution in [0.25, 0.3) is 6.08 Å². The number of rotatable bonds is 4. The SMILES string of the molecule is N[C@H](CO)C/C=C/c1ccccc1. The van der Waals surface area contributed by atoms with Crippen LogP contribution < -0.4 is 5.73 Å². The fourth-order valence-electron chi connectivity index (χ4n) is 1.02. The summed E-state index contributed by atoms with van der Waals surface area (Å²) in [6, 6.07) is 9.88. The summed E-state index contributed by atoms with van der Waals surface area (Å²) < 4.78 is 0. The largest absolute Gasteiger partial charge is 0.395 e. The Morgan fingerprint density at radius 2 is 2.00 bits per heavy atom. The molecular weight excluding hydrogens is 162 g/mol. The minimum absolute atomic E-state index is 0.0408. The minimum Gasteiger partial charge on any atom is -0.395 e. The van der Waals surface area contributed by atoms with E-state index in [0.717, 1.165) is 5.56 Å². The van der Waals surface area contributed by atoms with Gasteiger partial charge in [-0.15, -0.1) is 0 Å². The maximum Gasteiger partial charge on any atom is 0.0585 e. The highest BCUT2D eigenvalue weighted by molar-refractivity contribution is 5.48. The van der Waals surface area contributed by atoms with Gasteiger partial charge in [0.1, 0.15) is 0 Å². The summed E-state index contributed by atoms with van der Waals surface area (Å²) in [6.07, 6.45) is 4.71. The van der Waals surface area contributed by atoms with E-state index in [2.05, 4.69) is 0 Å². The molecule has 3 N–H and O–H groups in total. The van der Waals surface area contributed by atoms with Crippen LogP contribution in [0.1, 0.15) is 12.0 Å². The van der Waals surface area contributed by atoms with Crippen molar-refractivity contribution in [1.29, 1.82) is 0 Å². The molecule has 0 amide bonds. The van der Waals surface area contributed by atoms with Crippen LogP contribution in [0.4, 0.5) is 0 Å². The van der Waals surface area contributed by atoms with E-state index >= 15 is 0 Å². The van der Waals surface area contributed by atoms with E-state index in [1.54, 1.807) is 0 Å². The van der Waals surface area contributed by atoms with Crippen LogP contribution in [0.5, 0.6) is 0 Å². The van der Waals surface area contributed by atoms with Crippen LogP contribution in [0, 0.1) is 0 Å². The Morgan fingerprint density at radius 3 is 2.62 bits per heavy atom. The van der Waals surface area contributed by atoms with Crippen molar-refractivity contribution in [3.05, 3.63) is 42.0 Å². The fourth-order valence-corrected chi connectivity index (χ4v) is 1.02. The van der Waals surface area contributed by atoms with E-state index in [1.807, 2.05) is 42.5 Å². The van der Waals surface area contributed by atoms with Crippen molar-refractivity contribution in [1.82, 2.24) is 0 Å². The summed E-state index contributed by atoms with van der Waals surface area (Å²) in [5.74, 6) is 0. The monoisotopic (exact) mass is 177 g/mol. The van der Waals surface area contributed by atoms with E-state index < -0.39 is 0 Å². The van der Waals surface area contributed by atoms with Crippen molar-refractivity contribution in [3.8, 4) is 0 Å². The first kappa shape index (κ1) is 9.96. The van der Waals surface area contributed by atoms with Gasteiger partial charge in [0, 0.05) is 6.04 Å². The lowest BCUT2D eigenvalue weighted by Gasteiger charge is -2.01. The summed E-state index contributed by atoms with van der Waals surface area (Å²) in [5, 5.41) is 8.67. The summed E-state index contributed by atoms with van der Waals surface area (Å²) in [4.78, 5) is 0. The second kappa shape index (κ2) is 5.51. The summed E-state index contributed by atoms with van der Waals surface area (Å²) in [5.41, 5.74) is 6.70. The first-order valence-electron chi connectivity index (χ1n) is 4.41. The lowest BCUT2D eigenvalue weighted by atomic mass is 10.1. The molecule has 2 nitrogen and oxygen atoms in total. The second-order valence-electron chi connectivity index (χ2n) is 2.99. The number of nitrogens with two attached hydrogens (primary N) is 1. The molecule has 0 saturated carbocycles. The summed E-state index contributed by atoms with van der Waals surface area (Å²) in [7, 11) is 0. The molecule has 1 aromatic carbocycles. The topological polar surface area (TPSA) is 46.2 Å². The van der Waals surface area contributed by atoms with Crippen LogP contribution in [-0.2, 0) is 0 Å². The van der Waals surface area contributed by atoms with Crippen LogP contribution in [-0.4, -0.2) is 17.8 Å². The fraction of sp³-hybridized carbons (Fsp3) is 0.273. The molecule has 0 aliphatic rings. The number of benzene rings is 1. The molecule has 0 aliphatic heterocycles. The minimum atomic E-state index is -0.139. The molecule has 13 heavy (non-hydrogen) atoms. The molecule has 2 heteroatoms. The van der Waals surface area contributed by atoms with Gasteiger partial charge in [0.2, 0.25) is 0 Å². The quantitative estimate of drug-likeness (QED) is 0.730. The molecule has 0 aromatic heterocycles. The second-order valence-corrected chi connectivity index (χ2v) is 2.99. The van der Waals surface area contributed by atoms with Crippen molar-refractivity contribution < 1.29 is 5.11 Å². The molecule has 1 aromatic rings. The molecule has 0 spiro atoms. The third-order valence-corrected chi connectivity index (χ3v) is 1.78. The van der Waals surface area contributed by atoms with Crippen molar-refractivity contribution in [2.75, 3.05) is 6.61 Å². The number of hydrogen-bond acceptors (Lipinski definition) is 2. The predicted molar refractivity (Wildman–Crippen MR) is 55.2 cm³/mol. The first-order chi connectivity index (χ1) is 6.33. The highest BCUT2D eigenvalue weighted by Gasteiger charge is 1.94. The van der Waals surface area contributed by atoms with Gasteiger partial charge < -0.3 is 10.8 Å². The third kappa shape index (κ3) is 3.87. The Morgan fingerprint density at radius 1 is 1.31 bits per heavy atom. The summed E-state index contributed by atoms with van der Waals surface area (Å²) >= 11 is 0. The Hall–Kier alpha value is -1.12. The van der Waals surface area contributed by atoms with E-state index in [-0.39, 0.29) is 12.6 Å². The maximum atomic E-state index is 8.67. The molecule has 0 saturated heterocycles. The number of aliphatic hydroxyl groups excluding tert-OH is 1. The van der Waals surface area contributed by atoms with Gasteiger partial charge in [-0.25, -0.2) is 0 Å². The zero-order chi connectivity index (χ0) is 9.52. The molecule has 1 atom stereocenters.